The second-order valence-electron chi connectivity index (χ2n) is 5.53. The molecule has 0 spiro atoms. The first-order chi connectivity index (χ1) is 9.40. The summed E-state index contributed by atoms with van der Waals surface area (Å²) in [6.45, 7) is 7.75. The summed E-state index contributed by atoms with van der Waals surface area (Å²) >= 11 is 0. The van der Waals surface area contributed by atoms with Gasteiger partial charge in [0.1, 0.15) is 5.75 Å². The van der Waals surface area contributed by atoms with E-state index in [0.717, 1.165) is 11.3 Å². The second kappa shape index (κ2) is 7.90. The molecule has 0 fully saturated rings. The van der Waals surface area contributed by atoms with E-state index < -0.39 is 6.10 Å². The largest absolute Gasteiger partial charge is 0.483 e. The summed E-state index contributed by atoms with van der Waals surface area (Å²) in [6, 6.07) is 7.68. The Hall–Kier alpha value is -1.55. The first-order valence-electron chi connectivity index (χ1n) is 7.09. The zero-order valence-electron chi connectivity index (χ0n) is 12.7. The van der Waals surface area contributed by atoms with Gasteiger partial charge in [0.05, 0.1) is 6.10 Å². The minimum absolute atomic E-state index is 0.00607. The Morgan fingerprint density at radius 3 is 2.50 bits per heavy atom. The smallest absolute Gasteiger partial charge is 0.258 e. The molecule has 0 radical (unpaired) electrons. The van der Waals surface area contributed by atoms with Crippen LogP contribution in [0.2, 0.25) is 0 Å². The third-order valence-electron chi connectivity index (χ3n) is 3.00. The van der Waals surface area contributed by atoms with Gasteiger partial charge in [-0.2, -0.15) is 0 Å². The van der Waals surface area contributed by atoms with Crippen molar-refractivity contribution in [2.24, 2.45) is 0 Å². The van der Waals surface area contributed by atoms with Crippen molar-refractivity contribution in [3.05, 3.63) is 29.8 Å². The van der Waals surface area contributed by atoms with Crippen molar-refractivity contribution in [3.8, 4) is 5.75 Å². The van der Waals surface area contributed by atoms with Gasteiger partial charge >= 0.3 is 0 Å². The average molecular weight is 279 g/mol. The molecule has 0 aliphatic carbocycles. The normalized spacial score (nSPS) is 13.9. The summed E-state index contributed by atoms with van der Waals surface area (Å²) in [5, 5.41) is 12.1. The first-order valence-corrected chi connectivity index (χ1v) is 7.09. The van der Waals surface area contributed by atoms with Gasteiger partial charge in [-0.15, -0.1) is 0 Å². The van der Waals surface area contributed by atoms with E-state index in [0.29, 0.717) is 12.3 Å². The van der Waals surface area contributed by atoms with Crippen molar-refractivity contribution in [2.75, 3.05) is 6.61 Å². The Morgan fingerprint density at radius 1 is 1.25 bits per heavy atom. The highest BCUT2D eigenvalue weighted by Crippen LogP contribution is 2.25. The van der Waals surface area contributed by atoms with E-state index in [1.807, 2.05) is 31.2 Å². The van der Waals surface area contributed by atoms with Gasteiger partial charge in [-0.3, -0.25) is 4.79 Å². The molecule has 1 rings (SSSR count). The van der Waals surface area contributed by atoms with E-state index in [-0.39, 0.29) is 18.6 Å². The molecule has 1 aromatic carbocycles. The van der Waals surface area contributed by atoms with Crippen LogP contribution in [0.25, 0.3) is 0 Å². The summed E-state index contributed by atoms with van der Waals surface area (Å²) < 4.78 is 5.59. The molecule has 1 amide bonds. The maximum absolute atomic E-state index is 11.8. The Labute approximate surface area is 121 Å². The van der Waals surface area contributed by atoms with Gasteiger partial charge < -0.3 is 15.2 Å². The van der Waals surface area contributed by atoms with Crippen LogP contribution in [0.5, 0.6) is 5.75 Å². The molecule has 0 saturated carbocycles. The number of carbonyl (C=O) groups is 1. The fourth-order valence-corrected chi connectivity index (χ4v) is 2.12. The number of ether oxygens (including phenoxy) is 1. The molecular formula is C16H25NO3. The van der Waals surface area contributed by atoms with Crippen LogP contribution in [0.3, 0.4) is 0 Å². The molecule has 0 aromatic heterocycles. The summed E-state index contributed by atoms with van der Waals surface area (Å²) in [5.74, 6) is 0.931. The number of rotatable bonds is 7. The van der Waals surface area contributed by atoms with Crippen molar-refractivity contribution in [1.82, 2.24) is 5.32 Å². The van der Waals surface area contributed by atoms with Crippen LogP contribution in [0.1, 0.15) is 45.6 Å². The SMILES string of the molecule is CC(O)CC(C)NC(=O)COc1ccccc1C(C)C. The van der Waals surface area contributed by atoms with Crippen LogP contribution in [-0.2, 0) is 4.79 Å². The van der Waals surface area contributed by atoms with Gasteiger partial charge in [-0.1, -0.05) is 32.0 Å². The van der Waals surface area contributed by atoms with Crippen LogP contribution in [0.15, 0.2) is 24.3 Å². The van der Waals surface area contributed by atoms with Crippen LogP contribution < -0.4 is 10.1 Å². The molecule has 0 heterocycles. The Kier molecular flexibility index (Phi) is 6.52. The fraction of sp³-hybridized carbons (Fsp3) is 0.562. The van der Waals surface area contributed by atoms with E-state index >= 15 is 0 Å². The number of aliphatic hydroxyl groups is 1. The monoisotopic (exact) mass is 279 g/mol. The topological polar surface area (TPSA) is 58.6 Å². The van der Waals surface area contributed by atoms with Crippen LogP contribution >= 0.6 is 0 Å². The number of hydrogen-bond acceptors (Lipinski definition) is 3. The van der Waals surface area contributed by atoms with Crippen LogP contribution in [0.4, 0.5) is 0 Å². The molecule has 4 nitrogen and oxygen atoms in total. The Balaban J connectivity index is 2.49. The predicted molar refractivity (Wildman–Crippen MR) is 79.9 cm³/mol. The van der Waals surface area contributed by atoms with Gasteiger partial charge in [-0.25, -0.2) is 0 Å². The van der Waals surface area contributed by atoms with E-state index in [2.05, 4.69) is 19.2 Å². The highest BCUT2D eigenvalue weighted by Gasteiger charge is 2.12. The summed E-state index contributed by atoms with van der Waals surface area (Å²) in [4.78, 5) is 11.8. The molecule has 0 aliphatic heterocycles. The number of amides is 1. The van der Waals surface area contributed by atoms with Gasteiger partial charge in [0, 0.05) is 6.04 Å². The number of nitrogens with one attached hydrogen (secondary N) is 1. The highest BCUT2D eigenvalue weighted by molar-refractivity contribution is 5.77. The number of carbonyl (C=O) groups excluding carboxylic acids is 1. The van der Waals surface area contributed by atoms with Crippen molar-refractivity contribution in [3.63, 3.8) is 0 Å². The minimum Gasteiger partial charge on any atom is -0.483 e. The molecule has 0 bridgehead atoms. The summed E-state index contributed by atoms with van der Waals surface area (Å²) in [6.07, 6.45) is 0.113. The van der Waals surface area contributed by atoms with Gasteiger partial charge in [0.2, 0.25) is 0 Å². The van der Waals surface area contributed by atoms with E-state index in [9.17, 15) is 9.90 Å². The van der Waals surface area contributed by atoms with Crippen LogP contribution in [0, 0.1) is 0 Å². The zero-order chi connectivity index (χ0) is 15.1. The third kappa shape index (κ3) is 5.61. The lowest BCUT2D eigenvalue weighted by Gasteiger charge is -2.17. The first kappa shape index (κ1) is 16.5. The Morgan fingerprint density at radius 2 is 1.90 bits per heavy atom. The number of hydrogen-bond donors (Lipinski definition) is 2. The molecule has 0 saturated heterocycles. The molecule has 2 atom stereocenters. The molecule has 4 heteroatoms. The number of benzene rings is 1. The fourth-order valence-electron chi connectivity index (χ4n) is 2.12. The lowest BCUT2D eigenvalue weighted by atomic mass is 10.0. The van der Waals surface area contributed by atoms with Crippen molar-refractivity contribution < 1.29 is 14.6 Å². The zero-order valence-corrected chi connectivity index (χ0v) is 12.7. The maximum atomic E-state index is 11.8. The number of aliphatic hydroxyl groups excluding tert-OH is 1. The summed E-state index contributed by atoms with van der Waals surface area (Å²) in [5.41, 5.74) is 1.09. The number of para-hydroxylation sites is 1. The van der Waals surface area contributed by atoms with Gasteiger partial charge in [-0.05, 0) is 37.8 Å². The molecule has 2 unspecified atom stereocenters. The second-order valence-corrected chi connectivity index (χ2v) is 5.53. The predicted octanol–water partition coefficient (Wildman–Crippen LogP) is 2.46. The van der Waals surface area contributed by atoms with Crippen molar-refractivity contribution >= 4 is 5.91 Å². The lowest BCUT2D eigenvalue weighted by molar-refractivity contribution is -0.123. The average Bonchev–Trinajstić information content (AvgIpc) is 2.35. The molecule has 2 N–H and O–H groups in total. The maximum Gasteiger partial charge on any atom is 0.258 e. The summed E-state index contributed by atoms with van der Waals surface area (Å²) in [7, 11) is 0. The quantitative estimate of drug-likeness (QED) is 0.806. The lowest BCUT2D eigenvalue weighted by Crippen LogP contribution is -2.37. The van der Waals surface area contributed by atoms with Gasteiger partial charge in [0.25, 0.3) is 5.91 Å². The van der Waals surface area contributed by atoms with Gasteiger partial charge in [0.15, 0.2) is 6.61 Å². The molecule has 1 aromatic rings. The van der Waals surface area contributed by atoms with Crippen LogP contribution in [-0.4, -0.2) is 29.8 Å². The Bertz CT molecular complexity index is 429. The standard InChI is InChI=1S/C16H25NO3/c1-11(2)14-7-5-6-8-15(14)20-10-16(19)17-12(3)9-13(4)18/h5-8,11-13,18H,9-10H2,1-4H3,(H,17,19). The van der Waals surface area contributed by atoms with Crippen molar-refractivity contribution in [1.29, 1.82) is 0 Å². The van der Waals surface area contributed by atoms with E-state index in [1.165, 1.54) is 0 Å². The molecule has 20 heavy (non-hydrogen) atoms. The minimum atomic E-state index is -0.423. The molecule has 0 aliphatic rings. The highest BCUT2D eigenvalue weighted by atomic mass is 16.5. The van der Waals surface area contributed by atoms with Crippen molar-refractivity contribution in [2.45, 2.75) is 52.2 Å². The molecule has 112 valence electrons. The van der Waals surface area contributed by atoms with E-state index in [1.54, 1.807) is 6.92 Å². The third-order valence-corrected chi connectivity index (χ3v) is 3.00. The van der Waals surface area contributed by atoms with E-state index in [4.69, 9.17) is 4.74 Å². The molecular weight excluding hydrogens is 254 g/mol.